The van der Waals surface area contributed by atoms with Crippen LogP contribution >= 0.6 is 0 Å². The average Bonchev–Trinajstić information content (AvgIpc) is 2.86. The van der Waals surface area contributed by atoms with Gasteiger partial charge in [0.2, 0.25) is 0 Å². The van der Waals surface area contributed by atoms with Crippen LogP contribution in [0.4, 0.5) is 0 Å². The Bertz CT molecular complexity index is 357. The number of likely N-dealkylation sites (tertiary alicyclic amines) is 1. The first kappa shape index (κ1) is 14.6. The van der Waals surface area contributed by atoms with Gasteiger partial charge in [-0.05, 0) is 38.9 Å². The van der Waals surface area contributed by atoms with Gasteiger partial charge >= 0.3 is 0 Å². The minimum atomic E-state index is 0.405. The molecule has 1 saturated heterocycles. The highest BCUT2D eigenvalue weighted by atomic mass is 16.5. The van der Waals surface area contributed by atoms with E-state index in [2.05, 4.69) is 24.2 Å². The van der Waals surface area contributed by atoms with Gasteiger partial charge in [0, 0.05) is 18.7 Å². The quantitative estimate of drug-likeness (QED) is 0.769. The van der Waals surface area contributed by atoms with Gasteiger partial charge in [0.1, 0.15) is 5.76 Å². The molecule has 1 aliphatic heterocycles. The molecule has 4 nitrogen and oxygen atoms in total. The summed E-state index contributed by atoms with van der Waals surface area (Å²) in [7, 11) is 2.17. The number of hydrogen-bond donors (Lipinski definition) is 1. The molecule has 0 unspecified atom stereocenters. The molecule has 108 valence electrons. The fraction of sp³-hybridized carbons (Fsp3) is 0.733. The summed E-state index contributed by atoms with van der Waals surface area (Å²) in [4.78, 5) is 2.36. The standard InChI is InChI=1S/C15H26N2O2/c1-3-7-16-11-15-13(6-10-18-15)12-19-14-4-8-17(2)9-5-14/h6,10,14,16H,3-5,7-9,11-12H2,1-2H3. The van der Waals surface area contributed by atoms with Crippen molar-refractivity contribution in [2.24, 2.45) is 0 Å². The Hall–Kier alpha value is -0.840. The lowest BCUT2D eigenvalue weighted by Gasteiger charge is -2.28. The summed E-state index contributed by atoms with van der Waals surface area (Å²) in [5.41, 5.74) is 1.18. The van der Waals surface area contributed by atoms with Gasteiger partial charge in [0.15, 0.2) is 0 Å². The van der Waals surface area contributed by atoms with E-state index in [-0.39, 0.29) is 0 Å². The van der Waals surface area contributed by atoms with Crippen molar-refractivity contribution in [3.8, 4) is 0 Å². The Morgan fingerprint density at radius 2 is 2.21 bits per heavy atom. The summed E-state index contributed by atoms with van der Waals surface area (Å²) >= 11 is 0. The molecule has 0 spiro atoms. The molecular formula is C15H26N2O2. The molecule has 19 heavy (non-hydrogen) atoms. The van der Waals surface area contributed by atoms with Gasteiger partial charge in [-0.1, -0.05) is 6.92 Å². The second kappa shape index (κ2) is 7.68. The Labute approximate surface area is 116 Å². The van der Waals surface area contributed by atoms with Gasteiger partial charge in [0.05, 0.1) is 25.5 Å². The fourth-order valence-corrected chi connectivity index (χ4v) is 2.39. The van der Waals surface area contributed by atoms with Crippen molar-refractivity contribution < 1.29 is 9.15 Å². The molecule has 0 aromatic carbocycles. The molecule has 0 radical (unpaired) electrons. The molecular weight excluding hydrogens is 240 g/mol. The van der Waals surface area contributed by atoms with E-state index in [0.29, 0.717) is 12.7 Å². The molecule has 1 aliphatic rings. The van der Waals surface area contributed by atoms with Crippen LogP contribution in [0.1, 0.15) is 37.5 Å². The summed E-state index contributed by atoms with van der Waals surface area (Å²) in [6, 6.07) is 2.03. The number of nitrogens with one attached hydrogen (secondary N) is 1. The van der Waals surface area contributed by atoms with Crippen LogP contribution in [0.2, 0.25) is 0 Å². The van der Waals surface area contributed by atoms with E-state index in [1.165, 1.54) is 5.56 Å². The molecule has 1 aromatic heterocycles. The Balaban J connectivity index is 1.74. The monoisotopic (exact) mass is 266 g/mol. The van der Waals surface area contributed by atoms with Crippen LogP contribution in [0.25, 0.3) is 0 Å². The first-order valence-corrected chi connectivity index (χ1v) is 7.35. The molecule has 1 aromatic rings. The van der Waals surface area contributed by atoms with Gasteiger partial charge in [-0.2, -0.15) is 0 Å². The van der Waals surface area contributed by atoms with E-state index < -0.39 is 0 Å². The lowest BCUT2D eigenvalue weighted by atomic mass is 10.1. The van der Waals surface area contributed by atoms with Gasteiger partial charge < -0.3 is 19.4 Å². The lowest BCUT2D eigenvalue weighted by Crippen LogP contribution is -2.34. The van der Waals surface area contributed by atoms with E-state index >= 15 is 0 Å². The smallest absolute Gasteiger partial charge is 0.123 e. The molecule has 1 fully saturated rings. The number of rotatable bonds is 7. The van der Waals surface area contributed by atoms with Crippen molar-refractivity contribution in [3.63, 3.8) is 0 Å². The SMILES string of the molecule is CCCNCc1occc1COC1CCN(C)CC1. The third-order valence-electron chi connectivity index (χ3n) is 3.69. The molecule has 0 saturated carbocycles. The van der Waals surface area contributed by atoms with Crippen LogP contribution in [0.3, 0.4) is 0 Å². The number of ether oxygens (including phenoxy) is 1. The number of nitrogens with zero attached hydrogens (tertiary/aromatic N) is 1. The maximum absolute atomic E-state index is 6.01. The van der Waals surface area contributed by atoms with Gasteiger partial charge in [-0.25, -0.2) is 0 Å². The lowest BCUT2D eigenvalue weighted by molar-refractivity contribution is 0.00157. The first-order valence-electron chi connectivity index (χ1n) is 7.35. The fourth-order valence-electron chi connectivity index (χ4n) is 2.39. The third kappa shape index (κ3) is 4.64. The minimum Gasteiger partial charge on any atom is -0.468 e. The number of furan rings is 1. The minimum absolute atomic E-state index is 0.405. The van der Waals surface area contributed by atoms with Crippen LogP contribution in [0.5, 0.6) is 0 Å². The molecule has 0 atom stereocenters. The summed E-state index contributed by atoms with van der Waals surface area (Å²) < 4.78 is 11.5. The second-order valence-corrected chi connectivity index (χ2v) is 5.36. The molecule has 1 N–H and O–H groups in total. The van der Waals surface area contributed by atoms with Crippen LogP contribution < -0.4 is 5.32 Å². The van der Waals surface area contributed by atoms with E-state index in [9.17, 15) is 0 Å². The summed E-state index contributed by atoms with van der Waals surface area (Å²) in [5, 5.41) is 3.37. The van der Waals surface area contributed by atoms with Gasteiger partial charge in [-0.3, -0.25) is 0 Å². The molecule has 0 amide bonds. The van der Waals surface area contributed by atoms with Crippen molar-refractivity contribution in [3.05, 3.63) is 23.7 Å². The summed E-state index contributed by atoms with van der Waals surface area (Å²) in [6.45, 7) is 6.94. The topological polar surface area (TPSA) is 37.6 Å². The van der Waals surface area contributed by atoms with E-state index in [1.807, 2.05) is 6.07 Å². The van der Waals surface area contributed by atoms with E-state index in [4.69, 9.17) is 9.15 Å². The molecule has 2 heterocycles. The zero-order valence-electron chi connectivity index (χ0n) is 12.2. The van der Waals surface area contributed by atoms with Crippen molar-refractivity contribution >= 4 is 0 Å². The van der Waals surface area contributed by atoms with Crippen LogP contribution in [0.15, 0.2) is 16.7 Å². The Morgan fingerprint density at radius 3 is 2.95 bits per heavy atom. The van der Waals surface area contributed by atoms with Crippen molar-refractivity contribution in [1.29, 1.82) is 0 Å². The summed E-state index contributed by atoms with van der Waals surface area (Å²) in [5.74, 6) is 1.02. The normalized spacial score (nSPS) is 18.0. The van der Waals surface area contributed by atoms with Crippen molar-refractivity contribution in [1.82, 2.24) is 10.2 Å². The van der Waals surface area contributed by atoms with Crippen LogP contribution in [-0.2, 0) is 17.9 Å². The predicted molar refractivity (Wildman–Crippen MR) is 76.0 cm³/mol. The Morgan fingerprint density at radius 1 is 1.42 bits per heavy atom. The van der Waals surface area contributed by atoms with Crippen molar-refractivity contribution in [2.45, 2.75) is 45.4 Å². The van der Waals surface area contributed by atoms with Crippen LogP contribution in [-0.4, -0.2) is 37.7 Å². The highest BCUT2D eigenvalue weighted by Crippen LogP contribution is 2.17. The largest absolute Gasteiger partial charge is 0.468 e. The molecule has 2 rings (SSSR count). The number of hydrogen-bond acceptors (Lipinski definition) is 4. The zero-order chi connectivity index (χ0) is 13.5. The zero-order valence-corrected chi connectivity index (χ0v) is 12.2. The third-order valence-corrected chi connectivity index (χ3v) is 3.69. The maximum atomic E-state index is 6.01. The van der Waals surface area contributed by atoms with Gasteiger partial charge in [0.25, 0.3) is 0 Å². The van der Waals surface area contributed by atoms with E-state index in [0.717, 1.165) is 51.2 Å². The molecule has 0 aliphatic carbocycles. The van der Waals surface area contributed by atoms with Gasteiger partial charge in [-0.15, -0.1) is 0 Å². The highest BCUT2D eigenvalue weighted by molar-refractivity contribution is 5.15. The second-order valence-electron chi connectivity index (χ2n) is 5.36. The van der Waals surface area contributed by atoms with Crippen LogP contribution in [0, 0.1) is 0 Å². The highest BCUT2D eigenvalue weighted by Gasteiger charge is 2.17. The first-order chi connectivity index (χ1) is 9.29. The molecule has 4 heteroatoms. The van der Waals surface area contributed by atoms with Crippen molar-refractivity contribution in [2.75, 3.05) is 26.7 Å². The Kier molecular flexibility index (Phi) is 5.89. The average molecular weight is 266 g/mol. The maximum Gasteiger partial charge on any atom is 0.123 e. The summed E-state index contributed by atoms with van der Waals surface area (Å²) in [6.07, 6.45) is 5.58. The molecule has 0 bridgehead atoms. The van der Waals surface area contributed by atoms with E-state index in [1.54, 1.807) is 6.26 Å². The predicted octanol–water partition coefficient (Wildman–Crippen LogP) is 2.39. The number of piperidine rings is 1.